The van der Waals surface area contributed by atoms with Gasteiger partial charge in [0.2, 0.25) is 0 Å². The molecular weight excluding hydrogens is 310 g/mol. The molecule has 0 radical (unpaired) electrons. The zero-order valence-corrected chi connectivity index (χ0v) is 17.5. The number of aliphatic hydroxyl groups excluding tert-OH is 1. The van der Waals surface area contributed by atoms with Crippen LogP contribution in [0.5, 0.6) is 0 Å². The Bertz CT molecular complexity index is 269. The van der Waals surface area contributed by atoms with Crippen LogP contribution in [0.4, 0.5) is 0 Å². The number of nitrogens with zero attached hydrogens (tertiary/aromatic N) is 1. The van der Waals surface area contributed by atoms with Crippen LogP contribution >= 0.6 is 0 Å². The van der Waals surface area contributed by atoms with Crippen molar-refractivity contribution in [3.63, 3.8) is 0 Å². The van der Waals surface area contributed by atoms with E-state index < -0.39 is 0 Å². The van der Waals surface area contributed by atoms with Gasteiger partial charge >= 0.3 is 0 Å². The molecular formula is C22H46NO2-. The summed E-state index contributed by atoms with van der Waals surface area (Å²) in [5, 5.41) is 21.7. The van der Waals surface area contributed by atoms with Gasteiger partial charge in [-0.2, -0.15) is 0 Å². The first-order valence-corrected chi connectivity index (χ1v) is 11.1. The lowest BCUT2D eigenvalue weighted by atomic mass is 9.95. The molecule has 0 fully saturated rings. The summed E-state index contributed by atoms with van der Waals surface area (Å²) in [4.78, 5) is 0. The molecule has 25 heavy (non-hydrogen) atoms. The Morgan fingerprint density at radius 2 is 1.04 bits per heavy atom. The van der Waals surface area contributed by atoms with Gasteiger partial charge in [0.15, 0.2) is 0 Å². The Morgan fingerprint density at radius 3 is 1.40 bits per heavy atom. The van der Waals surface area contributed by atoms with Crippen LogP contribution in [-0.4, -0.2) is 28.9 Å². The molecule has 0 spiro atoms. The third-order valence-electron chi connectivity index (χ3n) is 5.37. The summed E-state index contributed by atoms with van der Waals surface area (Å²) in [7, 11) is 0. The zero-order valence-electron chi connectivity index (χ0n) is 17.5. The third-order valence-corrected chi connectivity index (χ3v) is 5.37. The van der Waals surface area contributed by atoms with Gasteiger partial charge in [0.25, 0.3) is 0 Å². The van der Waals surface area contributed by atoms with Gasteiger partial charge in [-0.25, -0.2) is 0 Å². The average molecular weight is 357 g/mol. The molecule has 1 N–H and O–H groups in total. The Morgan fingerprint density at radius 1 is 0.680 bits per heavy atom. The first-order valence-electron chi connectivity index (χ1n) is 11.1. The lowest BCUT2D eigenvalue weighted by molar-refractivity contribution is 0.134. The monoisotopic (exact) mass is 356 g/mol. The van der Waals surface area contributed by atoms with Crippen LogP contribution in [0.3, 0.4) is 0 Å². The predicted octanol–water partition coefficient (Wildman–Crippen LogP) is 6.82. The first kappa shape index (κ1) is 24.9. The van der Waals surface area contributed by atoms with E-state index in [0.29, 0.717) is 0 Å². The van der Waals surface area contributed by atoms with Crippen molar-refractivity contribution >= 4 is 0 Å². The van der Waals surface area contributed by atoms with E-state index in [1.54, 1.807) is 0 Å². The maximum atomic E-state index is 11.8. The van der Waals surface area contributed by atoms with Crippen molar-refractivity contribution in [3.05, 3.63) is 5.21 Å². The Balaban J connectivity index is 3.26. The van der Waals surface area contributed by atoms with E-state index in [1.165, 1.54) is 89.9 Å². The molecule has 0 aliphatic heterocycles. The Labute approximate surface area is 158 Å². The minimum absolute atomic E-state index is 0.0498. The maximum absolute atomic E-state index is 11.8. The molecule has 0 rings (SSSR count). The quantitative estimate of drug-likeness (QED) is 0.204. The van der Waals surface area contributed by atoms with Crippen LogP contribution in [0.15, 0.2) is 0 Å². The summed E-state index contributed by atoms with van der Waals surface area (Å²) in [5.41, 5.74) is -0.334. The fourth-order valence-corrected chi connectivity index (χ4v) is 3.45. The molecule has 0 amide bonds. The van der Waals surface area contributed by atoms with E-state index in [4.69, 9.17) is 5.11 Å². The van der Waals surface area contributed by atoms with Crippen molar-refractivity contribution in [1.29, 1.82) is 0 Å². The molecule has 0 heterocycles. The van der Waals surface area contributed by atoms with Gasteiger partial charge in [0.05, 0.1) is 6.61 Å². The molecule has 0 saturated carbocycles. The van der Waals surface area contributed by atoms with E-state index in [0.717, 1.165) is 17.9 Å². The zero-order chi connectivity index (χ0) is 18.8. The van der Waals surface area contributed by atoms with Crippen LogP contribution < -0.4 is 0 Å². The maximum Gasteiger partial charge on any atom is 0.0549 e. The molecule has 0 aromatic rings. The van der Waals surface area contributed by atoms with Crippen molar-refractivity contribution in [2.24, 2.45) is 0 Å². The van der Waals surface area contributed by atoms with Crippen molar-refractivity contribution in [3.8, 4) is 0 Å². The largest absolute Gasteiger partial charge is 0.785 e. The molecule has 3 heteroatoms. The minimum atomic E-state index is -0.334. The van der Waals surface area contributed by atoms with E-state index in [9.17, 15) is 5.21 Å². The number of hydroxylamine groups is 2. The van der Waals surface area contributed by atoms with E-state index in [1.807, 2.05) is 13.8 Å². The van der Waals surface area contributed by atoms with Crippen LogP contribution in [0.1, 0.15) is 124 Å². The number of hydrogen-bond acceptors (Lipinski definition) is 3. The number of rotatable bonds is 19. The highest BCUT2D eigenvalue weighted by Crippen LogP contribution is 2.21. The van der Waals surface area contributed by atoms with Crippen LogP contribution in [-0.2, 0) is 0 Å². The van der Waals surface area contributed by atoms with Gasteiger partial charge in [-0.05, 0) is 20.3 Å². The van der Waals surface area contributed by atoms with Crippen LogP contribution in [0, 0.1) is 5.21 Å². The van der Waals surface area contributed by atoms with Crippen LogP contribution in [0.25, 0.3) is 0 Å². The third kappa shape index (κ3) is 15.8. The second-order valence-electron chi connectivity index (χ2n) is 8.34. The summed E-state index contributed by atoms with van der Waals surface area (Å²) in [6, 6.07) is 0. The normalized spacial score (nSPS) is 12.2. The number of unbranched alkanes of at least 4 members (excludes halogenated alkanes) is 14. The summed E-state index contributed by atoms with van der Waals surface area (Å²) < 4.78 is 0. The minimum Gasteiger partial charge on any atom is -0.785 e. The standard InChI is InChI=1S/C22H46NO2/c1-4-5-6-7-8-9-10-11-12-13-14-15-16-17-18-19-22(2,3)23(25)20-21-24/h24H,4-21H2,1-3H3/q-1. The summed E-state index contributed by atoms with van der Waals surface area (Å²) >= 11 is 0. The molecule has 0 bridgehead atoms. The molecule has 0 aromatic carbocycles. The summed E-state index contributed by atoms with van der Waals surface area (Å²) in [6.45, 7) is 6.43. The highest BCUT2D eigenvalue weighted by Gasteiger charge is 2.18. The fraction of sp³-hybridized carbons (Fsp3) is 1.00. The van der Waals surface area contributed by atoms with Crippen molar-refractivity contribution in [2.45, 2.75) is 129 Å². The number of β-amino-alcohol motifs (C(OH)–C–C–N with tert-alkyl or cyclic N) is 1. The number of hydrogen-bond donors (Lipinski definition) is 1. The second-order valence-corrected chi connectivity index (χ2v) is 8.34. The van der Waals surface area contributed by atoms with E-state index in [-0.39, 0.29) is 18.7 Å². The SMILES string of the molecule is CCCCCCCCCCCCCCCCCC(C)(C)N([O-])CCO. The molecule has 0 unspecified atom stereocenters. The van der Waals surface area contributed by atoms with Crippen molar-refractivity contribution < 1.29 is 5.11 Å². The van der Waals surface area contributed by atoms with E-state index >= 15 is 0 Å². The average Bonchev–Trinajstić information content (AvgIpc) is 2.58. The number of aliphatic hydroxyl groups is 1. The molecule has 0 aliphatic rings. The Kier molecular flexibility index (Phi) is 17.2. The lowest BCUT2D eigenvalue weighted by Gasteiger charge is -2.44. The molecule has 0 saturated heterocycles. The van der Waals surface area contributed by atoms with Crippen molar-refractivity contribution in [2.75, 3.05) is 13.2 Å². The summed E-state index contributed by atoms with van der Waals surface area (Å²) in [5.74, 6) is 0. The van der Waals surface area contributed by atoms with Gasteiger partial charge in [0.1, 0.15) is 0 Å². The van der Waals surface area contributed by atoms with E-state index in [2.05, 4.69) is 6.92 Å². The molecule has 0 aliphatic carbocycles. The predicted molar refractivity (Wildman–Crippen MR) is 111 cm³/mol. The fourth-order valence-electron chi connectivity index (χ4n) is 3.45. The second kappa shape index (κ2) is 17.3. The highest BCUT2D eigenvalue weighted by molar-refractivity contribution is 4.81. The molecule has 152 valence electrons. The van der Waals surface area contributed by atoms with Gasteiger partial charge in [-0.3, -0.25) is 0 Å². The van der Waals surface area contributed by atoms with Gasteiger partial charge in [-0.1, -0.05) is 103 Å². The topological polar surface area (TPSA) is 46.5 Å². The highest BCUT2D eigenvalue weighted by atomic mass is 16.5. The van der Waals surface area contributed by atoms with Gasteiger partial charge < -0.3 is 15.4 Å². The lowest BCUT2D eigenvalue weighted by Crippen LogP contribution is -2.41. The van der Waals surface area contributed by atoms with Gasteiger partial charge in [-0.15, -0.1) is 0 Å². The molecule has 3 nitrogen and oxygen atoms in total. The molecule has 0 aromatic heterocycles. The Hall–Kier alpha value is -0.120. The van der Waals surface area contributed by atoms with Crippen molar-refractivity contribution in [1.82, 2.24) is 5.06 Å². The van der Waals surface area contributed by atoms with Gasteiger partial charge in [0, 0.05) is 12.1 Å². The smallest absolute Gasteiger partial charge is 0.0549 e. The molecule has 0 atom stereocenters. The summed E-state index contributed by atoms with van der Waals surface area (Å²) in [6.07, 6.45) is 21.5. The van der Waals surface area contributed by atoms with Crippen LogP contribution in [0.2, 0.25) is 0 Å². The first-order chi connectivity index (χ1) is 12.0.